The van der Waals surface area contributed by atoms with Gasteiger partial charge in [0.05, 0.1) is 5.69 Å². The molecule has 2 unspecified atom stereocenters. The van der Waals surface area contributed by atoms with Crippen molar-refractivity contribution in [3.63, 3.8) is 0 Å². The van der Waals surface area contributed by atoms with Crippen LogP contribution in [0.15, 0.2) is 42.5 Å². The van der Waals surface area contributed by atoms with Gasteiger partial charge in [0.2, 0.25) is 5.91 Å². The Bertz CT molecular complexity index is 674. The number of rotatable bonds is 5. The highest BCUT2D eigenvalue weighted by Crippen LogP contribution is 2.20. The Balaban J connectivity index is 1.70. The van der Waals surface area contributed by atoms with Crippen LogP contribution in [0.2, 0.25) is 0 Å². The molecule has 2 atom stereocenters. The van der Waals surface area contributed by atoms with Crippen LogP contribution in [-0.4, -0.2) is 35.2 Å². The van der Waals surface area contributed by atoms with Gasteiger partial charge in [0.1, 0.15) is 6.04 Å². The molecule has 6 nitrogen and oxygen atoms in total. The van der Waals surface area contributed by atoms with E-state index in [1.807, 2.05) is 49.4 Å². The van der Waals surface area contributed by atoms with Gasteiger partial charge in [-0.25, -0.2) is 0 Å². The first-order valence-corrected chi connectivity index (χ1v) is 8.29. The smallest absolute Gasteiger partial charge is 0.239 e. The summed E-state index contributed by atoms with van der Waals surface area (Å²) in [6.07, 6.45) is 2.04. The largest absolute Gasteiger partial charge is 0.368 e. The summed E-state index contributed by atoms with van der Waals surface area (Å²) in [7, 11) is 0. The third-order valence-corrected chi connectivity index (χ3v) is 4.35. The van der Waals surface area contributed by atoms with Crippen molar-refractivity contribution < 1.29 is 4.79 Å². The summed E-state index contributed by atoms with van der Waals surface area (Å²) in [6, 6.07) is 13.3. The molecule has 0 bridgehead atoms. The highest BCUT2D eigenvalue weighted by atomic mass is 16.1. The number of piperidine rings is 1. The standard InChI is InChI=1S/C18H23N5O/c1-13-9-10-16(22-21-13)23-11-5-8-15(12-23)20-17(18(19)24)14-6-3-2-4-7-14/h2-4,6-7,9-10,15,17,20H,5,8,11-12H2,1H3,(H2,19,24). The fourth-order valence-corrected chi connectivity index (χ4v) is 3.11. The predicted molar refractivity (Wildman–Crippen MR) is 93.5 cm³/mol. The number of aryl methyl sites for hydroxylation is 1. The fourth-order valence-electron chi connectivity index (χ4n) is 3.11. The van der Waals surface area contributed by atoms with Gasteiger partial charge in [-0.1, -0.05) is 30.3 Å². The van der Waals surface area contributed by atoms with Gasteiger partial charge in [0.25, 0.3) is 0 Å². The number of carbonyl (C=O) groups excluding carboxylic acids is 1. The Morgan fingerprint density at radius 3 is 2.71 bits per heavy atom. The van der Waals surface area contributed by atoms with Crippen LogP contribution in [-0.2, 0) is 4.79 Å². The molecule has 24 heavy (non-hydrogen) atoms. The number of nitrogens with two attached hydrogens (primary N) is 1. The second-order valence-corrected chi connectivity index (χ2v) is 6.23. The van der Waals surface area contributed by atoms with Crippen LogP contribution in [0.5, 0.6) is 0 Å². The monoisotopic (exact) mass is 325 g/mol. The number of benzene rings is 1. The Morgan fingerprint density at radius 1 is 1.25 bits per heavy atom. The van der Waals surface area contributed by atoms with Crippen LogP contribution in [0.4, 0.5) is 5.82 Å². The van der Waals surface area contributed by atoms with Crippen molar-refractivity contribution in [3.8, 4) is 0 Å². The molecule has 2 aromatic rings. The van der Waals surface area contributed by atoms with Crippen molar-refractivity contribution in [2.24, 2.45) is 5.73 Å². The topological polar surface area (TPSA) is 84.1 Å². The zero-order chi connectivity index (χ0) is 16.9. The molecule has 3 N–H and O–H groups in total. The van der Waals surface area contributed by atoms with Gasteiger partial charge < -0.3 is 10.6 Å². The maximum Gasteiger partial charge on any atom is 0.239 e. The third kappa shape index (κ3) is 3.89. The molecule has 1 aliphatic rings. The van der Waals surface area contributed by atoms with Gasteiger partial charge >= 0.3 is 0 Å². The SMILES string of the molecule is Cc1ccc(N2CCCC(NC(C(N)=O)c3ccccc3)C2)nn1. The highest BCUT2D eigenvalue weighted by molar-refractivity contribution is 5.81. The van der Waals surface area contributed by atoms with Crippen molar-refractivity contribution in [2.75, 3.05) is 18.0 Å². The van der Waals surface area contributed by atoms with E-state index in [0.717, 1.165) is 43.0 Å². The summed E-state index contributed by atoms with van der Waals surface area (Å²) < 4.78 is 0. The van der Waals surface area contributed by atoms with E-state index in [-0.39, 0.29) is 11.9 Å². The Kier molecular flexibility index (Phi) is 5.05. The van der Waals surface area contributed by atoms with Gasteiger partial charge in [0.15, 0.2) is 5.82 Å². The first kappa shape index (κ1) is 16.4. The highest BCUT2D eigenvalue weighted by Gasteiger charge is 2.26. The molecule has 0 aliphatic carbocycles. The lowest BCUT2D eigenvalue weighted by Gasteiger charge is -2.35. The van der Waals surface area contributed by atoms with E-state index in [1.165, 1.54) is 0 Å². The minimum Gasteiger partial charge on any atom is -0.368 e. The van der Waals surface area contributed by atoms with E-state index in [1.54, 1.807) is 0 Å². The summed E-state index contributed by atoms with van der Waals surface area (Å²) in [5.74, 6) is 0.524. The molecule has 3 rings (SSSR count). The summed E-state index contributed by atoms with van der Waals surface area (Å²) in [5.41, 5.74) is 7.42. The van der Waals surface area contributed by atoms with Crippen LogP contribution in [0.3, 0.4) is 0 Å². The van der Waals surface area contributed by atoms with E-state index in [0.29, 0.717) is 0 Å². The Labute approximate surface area is 142 Å². The molecule has 0 spiro atoms. The van der Waals surface area contributed by atoms with Crippen molar-refractivity contribution in [3.05, 3.63) is 53.7 Å². The lowest BCUT2D eigenvalue weighted by atomic mass is 10.0. The van der Waals surface area contributed by atoms with E-state index in [4.69, 9.17) is 5.73 Å². The third-order valence-electron chi connectivity index (χ3n) is 4.35. The van der Waals surface area contributed by atoms with Gasteiger partial charge in [-0.15, -0.1) is 5.10 Å². The van der Waals surface area contributed by atoms with Crippen LogP contribution in [0.25, 0.3) is 0 Å². The van der Waals surface area contributed by atoms with Crippen LogP contribution < -0.4 is 16.0 Å². The van der Waals surface area contributed by atoms with Crippen molar-refractivity contribution >= 4 is 11.7 Å². The molecule has 1 amide bonds. The second-order valence-electron chi connectivity index (χ2n) is 6.23. The van der Waals surface area contributed by atoms with Crippen molar-refractivity contribution in [1.82, 2.24) is 15.5 Å². The molecule has 1 aliphatic heterocycles. The molecule has 1 saturated heterocycles. The van der Waals surface area contributed by atoms with Gasteiger partial charge in [-0.2, -0.15) is 5.10 Å². The van der Waals surface area contributed by atoms with Gasteiger partial charge in [-0.05, 0) is 37.5 Å². The number of amides is 1. The number of primary amides is 1. The quantitative estimate of drug-likeness (QED) is 0.872. The minimum atomic E-state index is -0.472. The molecule has 1 aromatic heterocycles. The number of carbonyl (C=O) groups is 1. The van der Waals surface area contributed by atoms with Gasteiger partial charge in [0, 0.05) is 19.1 Å². The molecule has 2 heterocycles. The lowest BCUT2D eigenvalue weighted by molar-refractivity contribution is -0.120. The van der Waals surface area contributed by atoms with Crippen LogP contribution in [0.1, 0.15) is 30.1 Å². The maximum absolute atomic E-state index is 11.9. The van der Waals surface area contributed by atoms with Crippen LogP contribution >= 0.6 is 0 Å². The first-order chi connectivity index (χ1) is 11.6. The number of hydrogen-bond acceptors (Lipinski definition) is 5. The van der Waals surface area contributed by atoms with Gasteiger partial charge in [-0.3, -0.25) is 10.1 Å². The first-order valence-electron chi connectivity index (χ1n) is 8.29. The summed E-state index contributed by atoms with van der Waals surface area (Å²) >= 11 is 0. The zero-order valence-electron chi connectivity index (χ0n) is 13.9. The van der Waals surface area contributed by atoms with E-state index in [2.05, 4.69) is 20.4 Å². The normalized spacial score (nSPS) is 19.0. The molecule has 0 radical (unpaired) electrons. The molecule has 126 valence electrons. The maximum atomic E-state index is 11.9. The van der Waals surface area contributed by atoms with Crippen molar-refractivity contribution in [1.29, 1.82) is 0 Å². The number of nitrogens with zero attached hydrogens (tertiary/aromatic N) is 3. The summed E-state index contributed by atoms with van der Waals surface area (Å²) in [4.78, 5) is 14.1. The fraction of sp³-hybridized carbons (Fsp3) is 0.389. The molecular formula is C18H23N5O. The van der Waals surface area contributed by atoms with E-state index in [9.17, 15) is 4.79 Å². The van der Waals surface area contributed by atoms with E-state index < -0.39 is 6.04 Å². The molecule has 6 heteroatoms. The summed E-state index contributed by atoms with van der Waals surface area (Å²) in [5, 5.41) is 11.8. The molecule has 0 saturated carbocycles. The Hall–Kier alpha value is -2.47. The lowest BCUT2D eigenvalue weighted by Crippen LogP contribution is -2.49. The number of nitrogens with one attached hydrogen (secondary N) is 1. The predicted octanol–water partition coefficient (Wildman–Crippen LogP) is 1.57. The van der Waals surface area contributed by atoms with Crippen molar-refractivity contribution in [2.45, 2.75) is 31.8 Å². The van der Waals surface area contributed by atoms with Crippen LogP contribution in [0, 0.1) is 6.92 Å². The second kappa shape index (κ2) is 7.40. The average Bonchev–Trinajstić information content (AvgIpc) is 2.61. The Morgan fingerprint density at radius 2 is 2.04 bits per heavy atom. The number of anilines is 1. The number of hydrogen-bond donors (Lipinski definition) is 2. The van der Waals surface area contributed by atoms with E-state index >= 15 is 0 Å². The number of aromatic nitrogens is 2. The molecule has 1 fully saturated rings. The molecule has 1 aromatic carbocycles. The summed E-state index contributed by atoms with van der Waals surface area (Å²) in [6.45, 7) is 3.66. The molecular weight excluding hydrogens is 302 g/mol. The zero-order valence-corrected chi connectivity index (χ0v) is 13.9. The average molecular weight is 325 g/mol. The minimum absolute atomic E-state index is 0.180.